The predicted octanol–water partition coefficient (Wildman–Crippen LogP) is 1.54. The molecule has 1 atom stereocenters. The van der Waals surface area contributed by atoms with E-state index in [1.807, 2.05) is 18.5 Å². The van der Waals surface area contributed by atoms with Gasteiger partial charge in [0.1, 0.15) is 0 Å². The Labute approximate surface area is 72.4 Å². The van der Waals surface area contributed by atoms with Crippen molar-refractivity contribution in [1.29, 1.82) is 0 Å². The van der Waals surface area contributed by atoms with Gasteiger partial charge >= 0.3 is 0 Å². The largest absolute Gasteiger partial charge is 0.310 e. The number of aromatic nitrogens is 1. The van der Waals surface area contributed by atoms with E-state index in [0.717, 1.165) is 6.54 Å². The molecule has 0 saturated carbocycles. The van der Waals surface area contributed by atoms with Gasteiger partial charge in [0.15, 0.2) is 0 Å². The van der Waals surface area contributed by atoms with E-state index in [9.17, 15) is 0 Å². The summed E-state index contributed by atoms with van der Waals surface area (Å²) in [5, 5.41) is 3.32. The number of hydrogen-bond donors (Lipinski definition) is 1. The summed E-state index contributed by atoms with van der Waals surface area (Å²) in [7, 11) is 0. The lowest BCUT2D eigenvalue weighted by atomic mass is 10.0. The van der Waals surface area contributed by atoms with Crippen LogP contribution >= 0.6 is 12.4 Å². The van der Waals surface area contributed by atoms with Crippen LogP contribution in [0.4, 0.5) is 0 Å². The summed E-state index contributed by atoms with van der Waals surface area (Å²) >= 11 is 0. The minimum absolute atomic E-state index is 0. The Bertz CT molecular complexity index is 209. The van der Waals surface area contributed by atoms with Crippen LogP contribution in [0.1, 0.15) is 18.0 Å². The maximum Gasteiger partial charge on any atom is 0.0347 e. The van der Waals surface area contributed by atoms with Crippen molar-refractivity contribution < 1.29 is 0 Å². The fourth-order valence-electron chi connectivity index (χ4n) is 1.16. The Morgan fingerprint density at radius 2 is 2.36 bits per heavy atom. The van der Waals surface area contributed by atoms with Crippen LogP contribution in [0.3, 0.4) is 0 Å². The van der Waals surface area contributed by atoms with Crippen molar-refractivity contribution >= 4 is 12.4 Å². The van der Waals surface area contributed by atoms with Crippen molar-refractivity contribution in [2.45, 2.75) is 12.5 Å². The number of nitrogens with zero attached hydrogens (tertiary/aromatic N) is 1. The summed E-state index contributed by atoms with van der Waals surface area (Å²) in [5.74, 6) is 0. The quantitative estimate of drug-likeness (QED) is 0.692. The van der Waals surface area contributed by atoms with E-state index in [1.54, 1.807) is 0 Å². The maximum absolute atomic E-state index is 4.05. The fraction of sp³-hybridized carbons (Fsp3) is 0.375. The van der Waals surface area contributed by atoms with E-state index in [1.165, 1.54) is 12.0 Å². The third kappa shape index (κ3) is 1.70. The van der Waals surface area contributed by atoms with Crippen molar-refractivity contribution in [3.8, 4) is 0 Å². The minimum Gasteiger partial charge on any atom is -0.310 e. The number of nitrogens with one attached hydrogen (secondary N) is 1. The number of rotatable bonds is 1. The fourth-order valence-corrected chi connectivity index (χ4v) is 1.16. The molecule has 3 heteroatoms. The lowest BCUT2D eigenvalue weighted by molar-refractivity contribution is 0.382. The van der Waals surface area contributed by atoms with Gasteiger partial charge in [0.2, 0.25) is 0 Å². The van der Waals surface area contributed by atoms with Gasteiger partial charge in [-0.25, -0.2) is 0 Å². The lowest BCUT2D eigenvalue weighted by Crippen LogP contribution is -2.34. The van der Waals surface area contributed by atoms with Crippen LogP contribution in [0, 0.1) is 0 Å². The average Bonchev–Trinajstić information content (AvgIpc) is 1.86. The number of pyridine rings is 1. The van der Waals surface area contributed by atoms with Gasteiger partial charge in [-0.05, 0) is 24.6 Å². The molecule has 0 unspecified atom stereocenters. The average molecular weight is 171 g/mol. The van der Waals surface area contributed by atoms with Gasteiger partial charge < -0.3 is 5.32 Å². The summed E-state index contributed by atoms with van der Waals surface area (Å²) in [6.07, 6.45) is 4.99. The molecule has 1 N–H and O–H groups in total. The SMILES string of the molecule is Cl.c1cncc([C@@H]2CCN2)c1. The van der Waals surface area contributed by atoms with Crippen LogP contribution in [0.5, 0.6) is 0 Å². The summed E-state index contributed by atoms with van der Waals surface area (Å²) in [4.78, 5) is 4.05. The van der Waals surface area contributed by atoms with Crippen LogP contribution in [0.2, 0.25) is 0 Å². The zero-order valence-corrected chi connectivity index (χ0v) is 6.97. The summed E-state index contributed by atoms with van der Waals surface area (Å²) < 4.78 is 0. The van der Waals surface area contributed by atoms with Crippen molar-refractivity contribution in [3.05, 3.63) is 30.1 Å². The molecule has 0 aromatic carbocycles. The Balaban J connectivity index is 0.000000605. The molecular formula is C8H11ClN2. The molecule has 0 aliphatic carbocycles. The summed E-state index contributed by atoms with van der Waals surface area (Å²) in [6, 6.07) is 4.67. The first-order valence-electron chi connectivity index (χ1n) is 3.60. The highest BCUT2D eigenvalue weighted by Crippen LogP contribution is 2.20. The Kier molecular flexibility index (Phi) is 2.85. The molecule has 1 aromatic heterocycles. The molecule has 2 nitrogen and oxygen atoms in total. The van der Waals surface area contributed by atoms with Crippen LogP contribution in [0.15, 0.2) is 24.5 Å². The van der Waals surface area contributed by atoms with Gasteiger partial charge in [-0.1, -0.05) is 6.07 Å². The van der Waals surface area contributed by atoms with E-state index in [0.29, 0.717) is 6.04 Å². The minimum atomic E-state index is 0. The molecule has 60 valence electrons. The Morgan fingerprint density at radius 3 is 2.82 bits per heavy atom. The van der Waals surface area contributed by atoms with Gasteiger partial charge in [-0.3, -0.25) is 4.98 Å². The van der Waals surface area contributed by atoms with E-state index in [-0.39, 0.29) is 12.4 Å². The molecule has 1 fully saturated rings. The highest BCUT2D eigenvalue weighted by molar-refractivity contribution is 5.85. The van der Waals surface area contributed by atoms with Gasteiger partial charge in [0.25, 0.3) is 0 Å². The number of hydrogen-bond acceptors (Lipinski definition) is 2. The van der Waals surface area contributed by atoms with E-state index >= 15 is 0 Å². The third-order valence-corrected chi connectivity index (χ3v) is 1.91. The second kappa shape index (κ2) is 3.69. The first-order valence-corrected chi connectivity index (χ1v) is 3.60. The third-order valence-electron chi connectivity index (χ3n) is 1.91. The van der Waals surface area contributed by atoms with Crippen molar-refractivity contribution in [2.75, 3.05) is 6.54 Å². The molecule has 1 aromatic rings. The zero-order valence-electron chi connectivity index (χ0n) is 6.16. The van der Waals surface area contributed by atoms with Crippen molar-refractivity contribution in [2.24, 2.45) is 0 Å². The molecular weight excluding hydrogens is 160 g/mol. The highest BCUT2D eigenvalue weighted by atomic mass is 35.5. The molecule has 2 rings (SSSR count). The van der Waals surface area contributed by atoms with Gasteiger partial charge in [-0.15, -0.1) is 12.4 Å². The molecule has 2 heterocycles. The Hall–Kier alpha value is -0.600. The molecule has 1 aliphatic rings. The van der Waals surface area contributed by atoms with Crippen LogP contribution in [0.25, 0.3) is 0 Å². The first kappa shape index (κ1) is 8.50. The zero-order chi connectivity index (χ0) is 6.81. The van der Waals surface area contributed by atoms with Crippen molar-refractivity contribution in [3.63, 3.8) is 0 Å². The molecule has 0 spiro atoms. The van der Waals surface area contributed by atoms with Crippen LogP contribution in [-0.4, -0.2) is 11.5 Å². The molecule has 1 aliphatic heterocycles. The monoisotopic (exact) mass is 170 g/mol. The van der Waals surface area contributed by atoms with Crippen LogP contribution in [-0.2, 0) is 0 Å². The van der Waals surface area contributed by atoms with Gasteiger partial charge in [-0.2, -0.15) is 0 Å². The van der Waals surface area contributed by atoms with E-state index < -0.39 is 0 Å². The molecule has 0 radical (unpaired) electrons. The molecule has 0 bridgehead atoms. The normalized spacial score (nSPS) is 21.6. The second-order valence-electron chi connectivity index (χ2n) is 2.58. The molecule has 0 amide bonds. The second-order valence-corrected chi connectivity index (χ2v) is 2.58. The number of halogens is 1. The summed E-state index contributed by atoms with van der Waals surface area (Å²) in [5.41, 5.74) is 1.31. The highest BCUT2D eigenvalue weighted by Gasteiger charge is 2.17. The van der Waals surface area contributed by atoms with Gasteiger partial charge in [0, 0.05) is 18.4 Å². The first-order chi connectivity index (χ1) is 4.97. The topological polar surface area (TPSA) is 24.9 Å². The maximum atomic E-state index is 4.05. The Morgan fingerprint density at radius 1 is 1.55 bits per heavy atom. The van der Waals surface area contributed by atoms with Crippen molar-refractivity contribution in [1.82, 2.24) is 10.3 Å². The summed E-state index contributed by atoms with van der Waals surface area (Å²) in [6.45, 7) is 1.15. The predicted molar refractivity (Wildman–Crippen MR) is 46.8 cm³/mol. The van der Waals surface area contributed by atoms with Gasteiger partial charge in [0.05, 0.1) is 0 Å². The van der Waals surface area contributed by atoms with E-state index in [2.05, 4.69) is 16.4 Å². The van der Waals surface area contributed by atoms with Crippen LogP contribution < -0.4 is 5.32 Å². The lowest BCUT2D eigenvalue weighted by Gasteiger charge is -2.27. The molecule has 11 heavy (non-hydrogen) atoms. The molecule has 1 saturated heterocycles. The smallest absolute Gasteiger partial charge is 0.0347 e. The van der Waals surface area contributed by atoms with E-state index in [4.69, 9.17) is 0 Å². The standard InChI is InChI=1S/C8H10N2.ClH/c1-2-7(6-9-4-1)8-3-5-10-8;/h1-2,4,6,8,10H,3,5H2;1H/t8-;/m0./s1.